The lowest BCUT2D eigenvalue weighted by molar-refractivity contribution is 0.953. The zero-order valence-electron chi connectivity index (χ0n) is 7.60. The van der Waals surface area contributed by atoms with E-state index in [4.69, 9.17) is 16.7 Å². The van der Waals surface area contributed by atoms with Gasteiger partial charge in [0.2, 0.25) is 0 Å². The van der Waals surface area contributed by atoms with Gasteiger partial charge in [0.1, 0.15) is 11.6 Å². The minimum absolute atomic E-state index is 0.375. The zero-order chi connectivity index (χ0) is 10.4. The van der Waals surface area contributed by atoms with Crippen LogP contribution in [0.25, 0.3) is 0 Å². The molecule has 1 aromatic heterocycles. The molecule has 0 aromatic carbocycles. The van der Waals surface area contributed by atoms with Crippen LogP contribution in [0, 0.1) is 11.3 Å². The van der Waals surface area contributed by atoms with Gasteiger partial charge in [0.15, 0.2) is 5.16 Å². The van der Waals surface area contributed by atoms with Crippen molar-refractivity contribution in [2.75, 3.05) is 17.2 Å². The van der Waals surface area contributed by atoms with E-state index >= 15 is 0 Å². The Labute approximate surface area is 86.5 Å². The van der Waals surface area contributed by atoms with E-state index in [9.17, 15) is 0 Å². The highest BCUT2D eigenvalue weighted by Crippen LogP contribution is 2.17. The third-order valence-corrected chi connectivity index (χ3v) is 2.34. The largest absolute Gasteiger partial charge is 0.383 e. The lowest BCUT2D eigenvalue weighted by Gasteiger charge is -2.00. The number of nitriles is 1. The van der Waals surface area contributed by atoms with E-state index in [1.807, 2.05) is 0 Å². The first kappa shape index (κ1) is 10.6. The van der Waals surface area contributed by atoms with Crippen molar-refractivity contribution < 1.29 is 0 Å². The lowest BCUT2D eigenvalue weighted by Crippen LogP contribution is -1.99. The first-order valence-corrected chi connectivity index (χ1v) is 5.10. The summed E-state index contributed by atoms with van der Waals surface area (Å²) in [5.41, 5.74) is 11.0. The van der Waals surface area contributed by atoms with Gasteiger partial charge in [-0.3, -0.25) is 0 Å². The van der Waals surface area contributed by atoms with Crippen LogP contribution in [0.1, 0.15) is 12.8 Å². The van der Waals surface area contributed by atoms with Crippen LogP contribution in [0.3, 0.4) is 0 Å². The second-order valence-corrected chi connectivity index (χ2v) is 3.67. The summed E-state index contributed by atoms with van der Waals surface area (Å²) in [4.78, 5) is 8.00. The quantitative estimate of drug-likeness (QED) is 0.436. The lowest BCUT2D eigenvalue weighted by atomic mass is 10.4. The number of nitrogens with two attached hydrogens (primary N) is 2. The van der Waals surface area contributed by atoms with Crippen molar-refractivity contribution in [3.8, 4) is 6.07 Å². The van der Waals surface area contributed by atoms with Crippen LogP contribution in [-0.4, -0.2) is 15.7 Å². The number of unbranched alkanes of at least 4 members (excludes halogenated alkanes) is 1. The van der Waals surface area contributed by atoms with Crippen molar-refractivity contribution in [1.29, 1.82) is 5.26 Å². The van der Waals surface area contributed by atoms with Crippen molar-refractivity contribution in [1.82, 2.24) is 9.97 Å². The smallest absolute Gasteiger partial charge is 0.191 e. The first-order valence-electron chi connectivity index (χ1n) is 4.12. The highest BCUT2D eigenvalue weighted by atomic mass is 32.2. The Morgan fingerprint density at radius 1 is 1.36 bits per heavy atom. The van der Waals surface area contributed by atoms with E-state index in [-0.39, 0.29) is 0 Å². The predicted octanol–water partition coefficient (Wildman–Crippen LogP) is 1.04. The van der Waals surface area contributed by atoms with Crippen LogP contribution in [-0.2, 0) is 0 Å². The predicted molar refractivity (Wildman–Crippen MR) is 56.4 cm³/mol. The van der Waals surface area contributed by atoms with Crippen LogP contribution in [0.5, 0.6) is 0 Å². The Morgan fingerprint density at radius 3 is 2.57 bits per heavy atom. The van der Waals surface area contributed by atoms with Crippen LogP contribution >= 0.6 is 11.8 Å². The van der Waals surface area contributed by atoms with E-state index in [2.05, 4.69) is 16.0 Å². The first-order chi connectivity index (χ1) is 6.72. The Balaban J connectivity index is 2.47. The highest BCUT2D eigenvalue weighted by Gasteiger charge is 2.00. The molecule has 0 saturated heterocycles. The summed E-state index contributed by atoms with van der Waals surface area (Å²) in [6.45, 7) is 0. The van der Waals surface area contributed by atoms with E-state index in [1.54, 1.807) is 0 Å². The molecule has 0 bridgehead atoms. The minimum atomic E-state index is 0.375. The van der Waals surface area contributed by atoms with Crippen LogP contribution in [0.15, 0.2) is 11.2 Å². The molecule has 0 spiro atoms. The highest BCUT2D eigenvalue weighted by molar-refractivity contribution is 7.99. The molecule has 0 radical (unpaired) electrons. The van der Waals surface area contributed by atoms with Gasteiger partial charge < -0.3 is 11.5 Å². The fraction of sp³-hybridized carbons (Fsp3) is 0.375. The Hall–Kier alpha value is -1.48. The molecule has 0 unspecified atom stereocenters. The number of hydrogen-bond acceptors (Lipinski definition) is 6. The average Bonchev–Trinajstić information content (AvgIpc) is 2.11. The van der Waals surface area contributed by atoms with E-state index in [0.29, 0.717) is 23.2 Å². The number of thioether (sulfide) groups is 1. The standard InChI is InChI=1S/C8H11N5S/c9-3-1-2-4-14-8-12-6(10)5-7(11)13-8/h5H,1-2,4H2,(H4,10,11,12,13). The maximum absolute atomic E-state index is 8.32. The van der Waals surface area contributed by atoms with Gasteiger partial charge >= 0.3 is 0 Å². The molecule has 0 aliphatic heterocycles. The minimum Gasteiger partial charge on any atom is -0.383 e. The van der Waals surface area contributed by atoms with Gasteiger partial charge in [0.25, 0.3) is 0 Å². The molecular formula is C8H11N5S. The summed E-state index contributed by atoms with van der Waals surface area (Å²) in [6.07, 6.45) is 1.37. The molecule has 6 heteroatoms. The molecule has 0 aliphatic carbocycles. The molecule has 14 heavy (non-hydrogen) atoms. The molecular weight excluding hydrogens is 198 g/mol. The molecule has 4 N–H and O–H groups in total. The number of aromatic nitrogens is 2. The normalized spacial score (nSPS) is 9.64. The van der Waals surface area contributed by atoms with Crippen molar-refractivity contribution in [2.24, 2.45) is 0 Å². The molecule has 1 aromatic rings. The van der Waals surface area contributed by atoms with Gasteiger partial charge in [0, 0.05) is 18.2 Å². The average molecular weight is 209 g/mol. The summed E-state index contributed by atoms with van der Waals surface area (Å²) < 4.78 is 0. The number of hydrogen-bond donors (Lipinski definition) is 2. The molecule has 1 heterocycles. The van der Waals surface area contributed by atoms with Crippen molar-refractivity contribution >= 4 is 23.4 Å². The van der Waals surface area contributed by atoms with Gasteiger partial charge in [-0.05, 0) is 6.42 Å². The van der Waals surface area contributed by atoms with Gasteiger partial charge in [0.05, 0.1) is 6.07 Å². The monoisotopic (exact) mass is 209 g/mol. The van der Waals surface area contributed by atoms with Gasteiger partial charge in [-0.15, -0.1) is 0 Å². The molecule has 0 fully saturated rings. The van der Waals surface area contributed by atoms with Gasteiger partial charge in [-0.2, -0.15) is 5.26 Å². The summed E-state index contributed by atoms with van der Waals surface area (Å²) in [5, 5.41) is 8.89. The third kappa shape index (κ3) is 3.49. The summed E-state index contributed by atoms with van der Waals surface area (Å²) >= 11 is 1.46. The summed E-state index contributed by atoms with van der Waals surface area (Å²) in [6, 6.07) is 3.59. The number of nitrogen functional groups attached to an aromatic ring is 2. The maximum Gasteiger partial charge on any atom is 0.191 e. The molecule has 0 aliphatic rings. The second kappa shape index (κ2) is 5.29. The Kier molecular flexibility index (Phi) is 4.01. The molecule has 0 saturated carbocycles. The van der Waals surface area contributed by atoms with Crippen molar-refractivity contribution in [3.63, 3.8) is 0 Å². The maximum atomic E-state index is 8.32. The molecule has 5 nitrogen and oxygen atoms in total. The number of nitrogens with zero attached hydrogens (tertiary/aromatic N) is 3. The zero-order valence-corrected chi connectivity index (χ0v) is 8.42. The Bertz CT molecular complexity index is 326. The van der Waals surface area contributed by atoms with Crippen molar-refractivity contribution in [3.05, 3.63) is 6.07 Å². The summed E-state index contributed by atoms with van der Waals surface area (Å²) in [5.74, 6) is 1.55. The topological polar surface area (TPSA) is 102 Å². The van der Waals surface area contributed by atoms with Crippen LogP contribution < -0.4 is 11.5 Å². The summed E-state index contributed by atoms with van der Waals surface area (Å²) in [7, 11) is 0. The number of anilines is 2. The fourth-order valence-electron chi connectivity index (χ4n) is 0.841. The van der Waals surface area contributed by atoms with Crippen LogP contribution in [0.4, 0.5) is 11.6 Å². The molecule has 0 atom stereocenters. The van der Waals surface area contributed by atoms with E-state index in [0.717, 1.165) is 12.2 Å². The van der Waals surface area contributed by atoms with Crippen molar-refractivity contribution in [2.45, 2.75) is 18.0 Å². The second-order valence-electron chi connectivity index (χ2n) is 2.61. The number of rotatable bonds is 4. The van der Waals surface area contributed by atoms with Crippen LogP contribution in [0.2, 0.25) is 0 Å². The fourth-order valence-corrected chi connectivity index (χ4v) is 1.65. The SMILES string of the molecule is N#CCCCSc1nc(N)cc(N)n1. The molecule has 0 amide bonds. The van der Waals surface area contributed by atoms with Gasteiger partial charge in [-0.1, -0.05) is 11.8 Å². The van der Waals surface area contributed by atoms with E-state index in [1.165, 1.54) is 17.8 Å². The van der Waals surface area contributed by atoms with Gasteiger partial charge in [-0.25, -0.2) is 9.97 Å². The molecule has 1 rings (SSSR count). The molecule has 74 valence electrons. The third-order valence-electron chi connectivity index (χ3n) is 1.41. The van der Waals surface area contributed by atoms with E-state index < -0.39 is 0 Å². The Morgan fingerprint density at radius 2 is 2.00 bits per heavy atom.